The maximum atomic E-state index is 5.82. The highest BCUT2D eigenvalue weighted by atomic mass is 35.5. The summed E-state index contributed by atoms with van der Waals surface area (Å²) < 4.78 is 13.1. The zero-order valence-electron chi connectivity index (χ0n) is 12.7. The van der Waals surface area contributed by atoms with Crippen LogP contribution in [0.4, 0.5) is 0 Å². The third-order valence-corrected chi connectivity index (χ3v) is 3.77. The summed E-state index contributed by atoms with van der Waals surface area (Å²) in [6.07, 6.45) is 3.04. The number of alkyl halides is 1. The van der Waals surface area contributed by atoms with Gasteiger partial charge in [-0.2, -0.15) is 5.10 Å². The first-order valence-electron chi connectivity index (χ1n) is 7.07. The van der Waals surface area contributed by atoms with Gasteiger partial charge in [0.05, 0.1) is 12.8 Å². The van der Waals surface area contributed by atoms with Crippen LogP contribution in [0, 0.1) is 0 Å². The Balaban J connectivity index is 2.04. The minimum absolute atomic E-state index is 0.399. The van der Waals surface area contributed by atoms with E-state index in [0.29, 0.717) is 30.0 Å². The van der Waals surface area contributed by atoms with Gasteiger partial charge in [0.2, 0.25) is 0 Å². The Morgan fingerprint density at radius 2 is 2.10 bits per heavy atom. The summed E-state index contributed by atoms with van der Waals surface area (Å²) in [7, 11) is 1.62. The van der Waals surface area contributed by atoms with E-state index in [2.05, 4.69) is 18.9 Å². The molecule has 0 N–H and O–H groups in total. The first-order chi connectivity index (χ1) is 10.2. The highest BCUT2D eigenvalue weighted by Crippen LogP contribution is 2.29. The Morgan fingerprint density at radius 1 is 1.29 bits per heavy atom. The van der Waals surface area contributed by atoms with E-state index in [1.165, 1.54) is 0 Å². The molecule has 0 aliphatic carbocycles. The SMILES string of the molecule is CCC(C)n1ccc(COc2ccc(CCl)cc2OC)n1. The van der Waals surface area contributed by atoms with Crippen molar-refractivity contribution in [2.24, 2.45) is 0 Å². The molecule has 1 aromatic carbocycles. The second-order valence-corrected chi connectivity index (χ2v) is 5.22. The predicted octanol–water partition coefficient (Wildman–Crippen LogP) is 4.18. The monoisotopic (exact) mass is 308 g/mol. The van der Waals surface area contributed by atoms with Crippen molar-refractivity contribution in [3.8, 4) is 11.5 Å². The van der Waals surface area contributed by atoms with Gasteiger partial charge in [-0.05, 0) is 37.1 Å². The minimum atomic E-state index is 0.399. The summed E-state index contributed by atoms with van der Waals surface area (Å²) in [6, 6.07) is 8.08. The molecule has 114 valence electrons. The van der Waals surface area contributed by atoms with Gasteiger partial charge in [-0.25, -0.2) is 0 Å². The molecule has 0 spiro atoms. The lowest BCUT2D eigenvalue weighted by atomic mass is 10.2. The predicted molar refractivity (Wildman–Crippen MR) is 84.1 cm³/mol. The maximum absolute atomic E-state index is 5.82. The second kappa shape index (κ2) is 7.36. The lowest BCUT2D eigenvalue weighted by Crippen LogP contribution is -2.06. The molecule has 1 aromatic heterocycles. The first kappa shape index (κ1) is 15.7. The van der Waals surface area contributed by atoms with Gasteiger partial charge in [0.15, 0.2) is 11.5 Å². The number of ether oxygens (including phenoxy) is 2. The second-order valence-electron chi connectivity index (χ2n) is 4.95. The molecule has 0 amide bonds. The third kappa shape index (κ3) is 3.91. The van der Waals surface area contributed by atoms with Crippen LogP contribution in [0.15, 0.2) is 30.5 Å². The number of aromatic nitrogens is 2. The van der Waals surface area contributed by atoms with Gasteiger partial charge < -0.3 is 9.47 Å². The van der Waals surface area contributed by atoms with Crippen LogP contribution in [0.3, 0.4) is 0 Å². The molecule has 2 rings (SSSR count). The molecular formula is C16H21ClN2O2. The fraction of sp³-hybridized carbons (Fsp3) is 0.438. The van der Waals surface area contributed by atoms with Gasteiger partial charge in [-0.3, -0.25) is 4.68 Å². The molecule has 5 heteroatoms. The molecule has 0 aliphatic rings. The summed E-state index contributed by atoms with van der Waals surface area (Å²) in [5.74, 6) is 1.84. The number of benzene rings is 1. The molecule has 0 fully saturated rings. The fourth-order valence-electron chi connectivity index (χ4n) is 1.95. The topological polar surface area (TPSA) is 36.3 Å². The van der Waals surface area contributed by atoms with E-state index in [0.717, 1.165) is 17.7 Å². The van der Waals surface area contributed by atoms with E-state index in [-0.39, 0.29) is 0 Å². The number of nitrogens with zero attached hydrogens (tertiary/aromatic N) is 2. The number of methoxy groups -OCH3 is 1. The van der Waals surface area contributed by atoms with Crippen molar-refractivity contribution in [1.29, 1.82) is 0 Å². The van der Waals surface area contributed by atoms with Gasteiger partial charge in [0.1, 0.15) is 6.61 Å². The maximum Gasteiger partial charge on any atom is 0.161 e. The van der Waals surface area contributed by atoms with Crippen molar-refractivity contribution in [2.75, 3.05) is 7.11 Å². The molecule has 1 atom stereocenters. The lowest BCUT2D eigenvalue weighted by molar-refractivity contribution is 0.278. The van der Waals surface area contributed by atoms with Crippen LogP contribution >= 0.6 is 11.6 Å². The lowest BCUT2D eigenvalue weighted by Gasteiger charge is -2.11. The van der Waals surface area contributed by atoms with Crippen LogP contribution in [0.2, 0.25) is 0 Å². The van der Waals surface area contributed by atoms with E-state index in [4.69, 9.17) is 21.1 Å². The van der Waals surface area contributed by atoms with Crippen LogP contribution in [0.25, 0.3) is 0 Å². The summed E-state index contributed by atoms with van der Waals surface area (Å²) in [5.41, 5.74) is 1.90. The van der Waals surface area contributed by atoms with Crippen LogP contribution in [-0.4, -0.2) is 16.9 Å². The molecule has 1 unspecified atom stereocenters. The Morgan fingerprint density at radius 3 is 2.76 bits per heavy atom. The molecule has 0 saturated heterocycles. The van der Waals surface area contributed by atoms with Gasteiger partial charge in [-0.1, -0.05) is 13.0 Å². The minimum Gasteiger partial charge on any atom is -0.493 e. The Labute approximate surface area is 130 Å². The number of halogens is 1. The van der Waals surface area contributed by atoms with Crippen LogP contribution in [-0.2, 0) is 12.5 Å². The summed E-state index contributed by atoms with van der Waals surface area (Å²) in [6.45, 7) is 4.71. The van der Waals surface area contributed by atoms with Crippen molar-refractivity contribution in [3.05, 3.63) is 41.7 Å². The molecule has 4 nitrogen and oxygen atoms in total. The summed E-state index contributed by atoms with van der Waals surface area (Å²) in [5, 5.41) is 4.52. The zero-order chi connectivity index (χ0) is 15.2. The average Bonchev–Trinajstić information content (AvgIpc) is 3.00. The third-order valence-electron chi connectivity index (χ3n) is 3.46. The van der Waals surface area contributed by atoms with Crippen molar-refractivity contribution in [3.63, 3.8) is 0 Å². The van der Waals surface area contributed by atoms with Crippen molar-refractivity contribution in [1.82, 2.24) is 9.78 Å². The van der Waals surface area contributed by atoms with Crippen molar-refractivity contribution in [2.45, 2.75) is 38.8 Å². The van der Waals surface area contributed by atoms with Gasteiger partial charge in [0, 0.05) is 18.1 Å². The molecular weight excluding hydrogens is 288 g/mol. The normalized spacial score (nSPS) is 12.2. The molecule has 0 radical (unpaired) electrons. The van der Waals surface area contributed by atoms with E-state index in [9.17, 15) is 0 Å². The number of hydrogen-bond acceptors (Lipinski definition) is 3. The van der Waals surface area contributed by atoms with Crippen LogP contribution in [0.1, 0.15) is 37.6 Å². The average molecular weight is 309 g/mol. The highest BCUT2D eigenvalue weighted by Gasteiger charge is 2.08. The molecule has 2 aromatic rings. The van der Waals surface area contributed by atoms with Crippen molar-refractivity contribution < 1.29 is 9.47 Å². The Kier molecular flexibility index (Phi) is 5.51. The van der Waals surface area contributed by atoms with Gasteiger partial charge in [0.25, 0.3) is 0 Å². The highest BCUT2D eigenvalue weighted by molar-refractivity contribution is 6.17. The number of rotatable bonds is 7. The Hall–Kier alpha value is -1.68. The van der Waals surface area contributed by atoms with E-state index in [1.807, 2.05) is 35.1 Å². The molecule has 0 aliphatic heterocycles. The standard InChI is InChI=1S/C16H21ClN2O2/c1-4-12(2)19-8-7-14(18-19)11-21-15-6-5-13(10-17)9-16(15)20-3/h5-9,12H,4,10-11H2,1-3H3. The molecule has 1 heterocycles. The molecule has 0 bridgehead atoms. The quantitative estimate of drug-likeness (QED) is 0.720. The largest absolute Gasteiger partial charge is 0.493 e. The van der Waals surface area contributed by atoms with Crippen LogP contribution in [0.5, 0.6) is 11.5 Å². The Bertz CT molecular complexity index is 583. The van der Waals surface area contributed by atoms with E-state index >= 15 is 0 Å². The van der Waals surface area contributed by atoms with Crippen molar-refractivity contribution >= 4 is 11.6 Å². The fourth-order valence-corrected chi connectivity index (χ4v) is 2.12. The molecule has 0 saturated carbocycles. The zero-order valence-corrected chi connectivity index (χ0v) is 13.4. The number of hydrogen-bond donors (Lipinski definition) is 0. The van der Waals surface area contributed by atoms with Crippen LogP contribution < -0.4 is 9.47 Å². The van der Waals surface area contributed by atoms with Gasteiger partial charge in [-0.15, -0.1) is 11.6 Å². The first-order valence-corrected chi connectivity index (χ1v) is 7.61. The molecule has 21 heavy (non-hydrogen) atoms. The van der Waals surface area contributed by atoms with E-state index < -0.39 is 0 Å². The summed E-state index contributed by atoms with van der Waals surface area (Å²) in [4.78, 5) is 0. The van der Waals surface area contributed by atoms with E-state index in [1.54, 1.807) is 7.11 Å². The smallest absolute Gasteiger partial charge is 0.161 e. The van der Waals surface area contributed by atoms with Gasteiger partial charge >= 0.3 is 0 Å². The summed E-state index contributed by atoms with van der Waals surface area (Å²) >= 11 is 5.82.